The number of hydrogen-bond acceptors (Lipinski definition) is 6. The Morgan fingerprint density at radius 2 is 1.94 bits per heavy atom. The van der Waals surface area contributed by atoms with Crippen LogP contribution in [0.2, 0.25) is 5.02 Å². The first-order chi connectivity index (χ1) is 16.7. The summed E-state index contributed by atoms with van der Waals surface area (Å²) in [6.45, 7) is 5.31. The van der Waals surface area contributed by atoms with Crippen molar-refractivity contribution in [1.82, 2.24) is 19.6 Å². The fourth-order valence-electron chi connectivity index (χ4n) is 4.72. The molecule has 192 valence electrons. The van der Waals surface area contributed by atoms with Crippen LogP contribution < -0.4 is 9.62 Å². The number of hydrogen-bond donors (Lipinski definition) is 1. The SMILES string of the molecule is CSNc1ccn(C(=O)N2CCN(Cc3ccc(Cl)c(N4CCC(C(F)(F)F)CC4)c3)C(C)C2)n1. The second kappa shape index (κ2) is 10.9. The molecule has 1 unspecified atom stereocenters. The van der Waals surface area contributed by atoms with Gasteiger partial charge in [-0.3, -0.25) is 4.90 Å². The van der Waals surface area contributed by atoms with Gasteiger partial charge in [0.2, 0.25) is 0 Å². The molecule has 0 bridgehead atoms. The monoisotopic (exact) mass is 530 g/mol. The first kappa shape index (κ1) is 26.0. The maximum atomic E-state index is 13.0. The van der Waals surface area contributed by atoms with E-state index in [0.29, 0.717) is 50.1 Å². The number of anilines is 2. The van der Waals surface area contributed by atoms with Crippen LogP contribution in [0.3, 0.4) is 0 Å². The molecule has 2 aromatic rings. The predicted molar refractivity (Wildman–Crippen MR) is 134 cm³/mol. The van der Waals surface area contributed by atoms with Crippen LogP contribution in [0.5, 0.6) is 0 Å². The molecule has 3 heterocycles. The van der Waals surface area contributed by atoms with Gasteiger partial charge in [0.05, 0.1) is 16.6 Å². The molecule has 0 aliphatic carbocycles. The van der Waals surface area contributed by atoms with Gasteiger partial charge in [0.25, 0.3) is 0 Å². The highest BCUT2D eigenvalue weighted by Crippen LogP contribution is 2.37. The Labute approximate surface area is 212 Å². The number of piperidine rings is 1. The first-order valence-corrected chi connectivity index (χ1v) is 13.2. The van der Waals surface area contributed by atoms with Gasteiger partial charge in [-0.25, -0.2) is 4.79 Å². The van der Waals surface area contributed by atoms with Crippen LogP contribution in [0.4, 0.5) is 29.5 Å². The molecule has 7 nitrogen and oxygen atoms in total. The van der Waals surface area contributed by atoms with Gasteiger partial charge in [-0.2, -0.15) is 17.9 Å². The van der Waals surface area contributed by atoms with Crippen LogP contribution in [0.25, 0.3) is 0 Å². The number of carbonyl (C=O) groups is 1. The molecule has 1 aromatic carbocycles. The van der Waals surface area contributed by atoms with Crippen molar-refractivity contribution in [1.29, 1.82) is 0 Å². The molecule has 0 spiro atoms. The summed E-state index contributed by atoms with van der Waals surface area (Å²) in [5.74, 6) is -0.602. The molecule has 2 fully saturated rings. The largest absolute Gasteiger partial charge is 0.391 e. The number of amides is 1. The number of piperazine rings is 1. The van der Waals surface area contributed by atoms with Crippen molar-refractivity contribution >= 4 is 41.1 Å². The van der Waals surface area contributed by atoms with E-state index in [1.54, 1.807) is 17.2 Å². The summed E-state index contributed by atoms with van der Waals surface area (Å²) in [6, 6.07) is 7.52. The summed E-state index contributed by atoms with van der Waals surface area (Å²) in [6.07, 6.45) is -0.418. The molecule has 2 saturated heterocycles. The van der Waals surface area contributed by atoms with E-state index in [1.165, 1.54) is 16.6 Å². The number of nitrogens with zero attached hydrogens (tertiary/aromatic N) is 5. The van der Waals surface area contributed by atoms with Crippen molar-refractivity contribution in [2.24, 2.45) is 5.92 Å². The van der Waals surface area contributed by atoms with Crippen molar-refractivity contribution in [3.05, 3.63) is 41.0 Å². The molecule has 0 saturated carbocycles. The minimum atomic E-state index is -4.14. The first-order valence-electron chi connectivity index (χ1n) is 11.6. The Bertz CT molecular complexity index is 1030. The molecule has 2 aliphatic heterocycles. The molecule has 1 atom stereocenters. The summed E-state index contributed by atoms with van der Waals surface area (Å²) in [4.78, 5) is 18.9. The van der Waals surface area contributed by atoms with Crippen LogP contribution in [0.15, 0.2) is 30.5 Å². The van der Waals surface area contributed by atoms with Crippen molar-refractivity contribution < 1.29 is 18.0 Å². The minimum Gasteiger partial charge on any atom is -0.370 e. The highest BCUT2D eigenvalue weighted by Gasteiger charge is 2.41. The van der Waals surface area contributed by atoms with E-state index in [2.05, 4.69) is 21.6 Å². The number of aromatic nitrogens is 2. The van der Waals surface area contributed by atoms with Crippen molar-refractivity contribution in [3.8, 4) is 0 Å². The molecule has 0 radical (unpaired) electrons. The number of benzene rings is 1. The predicted octanol–water partition coefficient (Wildman–Crippen LogP) is 5.18. The van der Waals surface area contributed by atoms with E-state index in [1.807, 2.05) is 29.4 Å². The summed E-state index contributed by atoms with van der Waals surface area (Å²) in [7, 11) is 0. The van der Waals surface area contributed by atoms with Gasteiger partial charge in [0.15, 0.2) is 5.82 Å². The summed E-state index contributed by atoms with van der Waals surface area (Å²) < 4.78 is 43.5. The Morgan fingerprint density at radius 3 is 2.60 bits per heavy atom. The highest BCUT2D eigenvalue weighted by molar-refractivity contribution is 7.99. The lowest BCUT2D eigenvalue weighted by molar-refractivity contribution is -0.179. The Kier molecular flexibility index (Phi) is 8.07. The second-order valence-corrected chi connectivity index (χ2v) is 10.1. The zero-order valence-electron chi connectivity index (χ0n) is 19.8. The van der Waals surface area contributed by atoms with E-state index >= 15 is 0 Å². The number of carbonyl (C=O) groups excluding carboxylic acids is 1. The number of halogens is 4. The zero-order chi connectivity index (χ0) is 25.2. The van der Waals surface area contributed by atoms with Crippen molar-refractivity contribution in [2.45, 2.75) is 38.5 Å². The van der Waals surface area contributed by atoms with E-state index in [4.69, 9.17) is 11.6 Å². The van der Waals surface area contributed by atoms with Crippen LogP contribution in [0.1, 0.15) is 25.3 Å². The lowest BCUT2D eigenvalue weighted by Crippen LogP contribution is -2.54. The van der Waals surface area contributed by atoms with Crippen LogP contribution in [-0.4, -0.2) is 76.8 Å². The maximum absolute atomic E-state index is 13.0. The zero-order valence-corrected chi connectivity index (χ0v) is 21.3. The molecular weight excluding hydrogens is 501 g/mol. The fraction of sp³-hybridized carbons (Fsp3) is 0.565. The molecule has 1 N–H and O–H groups in total. The van der Waals surface area contributed by atoms with Gasteiger partial charge in [-0.15, -0.1) is 5.10 Å². The molecule has 12 heteroatoms. The number of nitrogens with one attached hydrogen (secondary N) is 1. The third kappa shape index (κ3) is 6.18. The molecule has 35 heavy (non-hydrogen) atoms. The number of alkyl halides is 3. The third-order valence-electron chi connectivity index (χ3n) is 6.72. The van der Waals surface area contributed by atoms with E-state index in [0.717, 1.165) is 11.3 Å². The standard InChI is InChI=1S/C23H30ClF3N6OS/c1-16-14-32(22(34)33-10-7-21(28-33)29-35-2)12-11-31(16)15-17-3-4-19(24)20(13-17)30-8-5-18(6-9-30)23(25,26)27/h3-4,7,10,13,16,18H,5-6,8-9,11-12,14-15H2,1-2H3,(H,28,29). The normalized spacial score (nSPS) is 20.3. The fourth-order valence-corrected chi connectivity index (χ4v) is 5.27. The van der Waals surface area contributed by atoms with E-state index in [9.17, 15) is 18.0 Å². The van der Waals surface area contributed by atoms with Crippen LogP contribution in [0, 0.1) is 5.92 Å². The number of rotatable bonds is 5. The van der Waals surface area contributed by atoms with Crippen molar-refractivity contribution in [3.63, 3.8) is 0 Å². The molecule has 1 aromatic heterocycles. The summed E-state index contributed by atoms with van der Waals surface area (Å²) >= 11 is 7.84. The van der Waals surface area contributed by atoms with Gasteiger partial charge in [0.1, 0.15) is 0 Å². The summed E-state index contributed by atoms with van der Waals surface area (Å²) in [5.41, 5.74) is 1.84. The Morgan fingerprint density at radius 1 is 1.20 bits per heavy atom. The van der Waals surface area contributed by atoms with Crippen LogP contribution >= 0.6 is 23.5 Å². The van der Waals surface area contributed by atoms with Gasteiger partial charge >= 0.3 is 12.2 Å². The second-order valence-electron chi connectivity index (χ2n) is 9.09. The van der Waals surface area contributed by atoms with E-state index < -0.39 is 12.1 Å². The van der Waals surface area contributed by atoms with Gasteiger partial charge in [-0.05, 0) is 37.5 Å². The lowest BCUT2D eigenvalue weighted by atomic mass is 9.95. The van der Waals surface area contributed by atoms with Gasteiger partial charge < -0.3 is 14.5 Å². The maximum Gasteiger partial charge on any atom is 0.391 e. The minimum absolute atomic E-state index is 0.0855. The van der Waals surface area contributed by atoms with Crippen molar-refractivity contribution in [2.75, 3.05) is 48.6 Å². The topological polar surface area (TPSA) is 56.6 Å². The highest BCUT2D eigenvalue weighted by atomic mass is 35.5. The van der Waals surface area contributed by atoms with E-state index in [-0.39, 0.29) is 24.9 Å². The summed E-state index contributed by atoms with van der Waals surface area (Å²) in [5, 5.41) is 4.82. The molecule has 1 amide bonds. The third-order valence-corrected chi connectivity index (χ3v) is 7.45. The quantitative estimate of drug-likeness (QED) is 0.538. The smallest absolute Gasteiger partial charge is 0.370 e. The average molecular weight is 531 g/mol. The van der Waals surface area contributed by atoms with Crippen LogP contribution in [-0.2, 0) is 6.54 Å². The molecule has 4 rings (SSSR count). The van der Waals surface area contributed by atoms with Gasteiger partial charge in [0, 0.05) is 63.8 Å². The molecular formula is C23H30ClF3N6OS. The van der Waals surface area contributed by atoms with Gasteiger partial charge in [-0.1, -0.05) is 29.6 Å². The average Bonchev–Trinajstić information content (AvgIpc) is 3.29. The molecule has 2 aliphatic rings. The Balaban J connectivity index is 1.35. The lowest BCUT2D eigenvalue weighted by Gasteiger charge is -2.40. The Hall–Kier alpha value is -2.11.